The molecule has 38 heavy (non-hydrogen) atoms. The topological polar surface area (TPSA) is 98.4 Å². The Kier molecular flexibility index (Phi) is 5.48. The van der Waals surface area contributed by atoms with E-state index in [9.17, 15) is 27.6 Å². The number of allylic oxidation sites excluding steroid dienone is 2. The molecular formula is C27H28F3N5O3. The summed E-state index contributed by atoms with van der Waals surface area (Å²) >= 11 is 0. The van der Waals surface area contributed by atoms with Gasteiger partial charge >= 0.3 is 6.18 Å². The number of nitrogens with zero attached hydrogens (tertiary/aromatic N) is 3. The highest BCUT2D eigenvalue weighted by molar-refractivity contribution is 5.98. The van der Waals surface area contributed by atoms with Gasteiger partial charge in [0.2, 0.25) is 11.8 Å². The van der Waals surface area contributed by atoms with Gasteiger partial charge in [-0.15, -0.1) is 0 Å². The Morgan fingerprint density at radius 1 is 1.18 bits per heavy atom. The summed E-state index contributed by atoms with van der Waals surface area (Å²) in [6.45, 7) is 2.25. The Bertz CT molecular complexity index is 1380. The highest BCUT2D eigenvalue weighted by atomic mass is 19.4. The maximum Gasteiger partial charge on any atom is 0.411 e. The Balaban J connectivity index is 1.20. The van der Waals surface area contributed by atoms with Gasteiger partial charge in [0, 0.05) is 30.0 Å². The molecule has 3 fully saturated rings. The molecule has 2 saturated heterocycles. The third kappa shape index (κ3) is 3.73. The minimum absolute atomic E-state index is 0.126. The number of halogens is 3. The van der Waals surface area contributed by atoms with Crippen LogP contribution in [0.5, 0.6) is 0 Å². The van der Waals surface area contributed by atoms with E-state index in [0.717, 1.165) is 16.5 Å². The lowest BCUT2D eigenvalue weighted by Gasteiger charge is -2.42. The maximum atomic E-state index is 13.9. The number of amides is 3. The van der Waals surface area contributed by atoms with Crippen molar-refractivity contribution >= 4 is 28.6 Å². The van der Waals surface area contributed by atoms with Gasteiger partial charge in [0.15, 0.2) is 0 Å². The molecule has 0 radical (unpaired) electrons. The number of hydrogen-bond acceptors (Lipinski definition) is 4. The number of aromatic amines is 1. The van der Waals surface area contributed by atoms with E-state index in [0.29, 0.717) is 31.5 Å². The Morgan fingerprint density at radius 3 is 2.61 bits per heavy atom. The van der Waals surface area contributed by atoms with Crippen LogP contribution < -0.4 is 5.32 Å². The molecule has 3 amide bonds. The molecule has 2 atom stereocenters. The highest BCUT2D eigenvalue weighted by Gasteiger charge is 2.65. The van der Waals surface area contributed by atoms with Gasteiger partial charge in [-0.3, -0.25) is 19.5 Å². The average Bonchev–Trinajstić information content (AvgIpc) is 3.47. The molecule has 200 valence electrons. The second-order valence-corrected chi connectivity index (χ2v) is 10.9. The number of carbonyl (C=O) groups is 3. The summed E-state index contributed by atoms with van der Waals surface area (Å²) in [5.41, 5.74) is -0.621. The standard InChI is InChI=1S/C27H28F3N5O3/c1-16-3-2-4-20-22(16)25(24(38)35(20)15-21(36)32-26(7-8-26)27(28,29)30)9-11-34(12-10-25)23(37)17-5-6-19-18(13-17)14-31-33-19/h2-6,13-14,20,22H,7-12,15H2,1H3,(H,31,33)(H,32,36). The van der Waals surface area contributed by atoms with E-state index in [1.54, 1.807) is 23.2 Å². The zero-order valence-electron chi connectivity index (χ0n) is 20.8. The number of fused-ring (bicyclic) bond motifs is 3. The highest BCUT2D eigenvalue weighted by Crippen LogP contribution is 2.53. The van der Waals surface area contributed by atoms with Crippen LogP contribution in [0, 0.1) is 11.3 Å². The van der Waals surface area contributed by atoms with Crippen LogP contribution in [0.1, 0.15) is 43.0 Å². The molecule has 1 aromatic heterocycles. The van der Waals surface area contributed by atoms with E-state index in [2.05, 4.69) is 15.5 Å². The largest absolute Gasteiger partial charge is 0.411 e. The monoisotopic (exact) mass is 527 g/mol. The minimum atomic E-state index is -4.52. The van der Waals surface area contributed by atoms with Crippen molar-refractivity contribution in [3.63, 3.8) is 0 Å². The summed E-state index contributed by atoms with van der Waals surface area (Å²) in [5, 5.41) is 9.84. The molecule has 2 aliphatic heterocycles. The normalized spacial score (nSPS) is 25.5. The van der Waals surface area contributed by atoms with Gasteiger partial charge in [-0.05, 0) is 50.8 Å². The first-order valence-electron chi connectivity index (χ1n) is 12.8. The van der Waals surface area contributed by atoms with Crippen LogP contribution in [0.3, 0.4) is 0 Å². The second kappa shape index (κ2) is 8.44. The Labute approximate surface area is 216 Å². The van der Waals surface area contributed by atoms with Gasteiger partial charge in [-0.1, -0.05) is 23.8 Å². The third-order valence-corrected chi connectivity index (χ3v) is 8.76. The quantitative estimate of drug-likeness (QED) is 0.637. The number of rotatable bonds is 4. The molecule has 1 aromatic carbocycles. The van der Waals surface area contributed by atoms with Gasteiger partial charge in [0.25, 0.3) is 5.91 Å². The number of carbonyl (C=O) groups excluding carboxylic acids is 3. The first kappa shape index (κ1) is 24.7. The van der Waals surface area contributed by atoms with Crippen molar-refractivity contribution in [2.75, 3.05) is 19.6 Å². The van der Waals surface area contributed by atoms with Crippen LogP contribution in [-0.4, -0.2) is 75.1 Å². The summed E-state index contributed by atoms with van der Waals surface area (Å²) < 4.78 is 40.2. The number of likely N-dealkylation sites (tertiary alicyclic amines) is 2. The summed E-state index contributed by atoms with van der Waals surface area (Å²) in [6, 6.07) is 4.93. The van der Waals surface area contributed by atoms with Crippen LogP contribution in [0.25, 0.3) is 10.9 Å². The van der Waals surface area contributed by atoms with Gasteiger partial charge < -0.3 is 15.1 Å². The fraction of sp³-hybridized carbons (Fsp3) is 0.481. The Hall–Kier alpha value is -3.63. The SMILES string of the molecule is CC1=CC=CC2C1C1(CCN(C(=O)c3ccc4[nH]ncc4c3)CC1)C(=O)N2CC(=O)NC1(C(F)(F)F)CC1. The fourth-order valence-corrected chi connectivity index (χ4v) is 6.54. The van der Waals surface area contributed by atoms with Crippen molar-refractivity contribution in [1.82, 2.24) is 25.3 Å². The second-order valence-electron chi connectivity index (χ2n) is 10.9. The number of piperidine rings is 1. The average molecular weight is 528 g/mol. The van der Waals surface area contributed by atoms with Crippen LogP contribution in [-0.2, 0) is 9.59 Å². The summed E-state index contributed by atoms with van der Waals surface area (Å²) in [5.74, 6) is -1.36. The number of alkyl halides is 3. The van der Waals surface area contributed by atoms with Crippen LogP contribution in [0.4, 0.5) is 13.2 Å². The molecule has 2 aromatic rings. The molecular weight excluding hydrogens is 499 g/mol. The summed E-state index contributed by atoms with van der Waals surface area (Å²) in [6.07, 6.45) is 3.30. The van der Waals surface area contributed by atoms with Crippen molar-refractivity contribution in [2.45, 2.75) is 50.4 Å². The molecule has 2 unspecified atom stereocenters. The zero-order chi connectivity index (χ0) is 26.9. The van der Waals surface area contributed by atoms with E-state index in [4.69, 9.17) is 0 Å². The van der Waals surface area contributed by atoms with E-state index in [1.165, 1.54) is 4.90 Å². The zero-order valence-corrected chi connectivity index (χ0v) is 20.8. The van der Waals surface area contributed by atoms with Gasteiger partial charge in [-0.25, -0.2) is 0 Å². The van der Waals surface area contributed by atoms with Crippen LogP contribution in [0.15, 0.2) is 48.2 Å². The van der Waals surface area contributed by atoms with Crippen molar-refractivity contribution in [3.8, 4) is 0 Å². The first-order chi connectivity index (χ1) is 18.0. The van der Waals surface area contributed by atoms with Crippen molar-refractivity contribution < 1.29 is 27.6 Å². The van der Waals surface area contributed by atoms with E-state index < -0.39 is 35.6 Å². The van der Waals surface area contributed by atoms with Gasteiger partial charge in [-0.2, -0.15) is 18.3 Å². The molecule has 4 aliphatic rings. The van der Waals surface area contributed by atoms with E-state index in [-0.39, 0.29) is 30.6 Å². The third-order valence-electron chi connectivity index (χ3n) is 8.76. The van der Waals surface area contributed by atoms with E-state index >= 15 is 0 Å². The lowest BCUT2D eigenvalue weighted by molar-refractivity contribution is -0.170. The van der Waals surface area contributed by atoms with Gasteiger partial charge in [0.05, 0.1) is 23.2 Å². The lowest BCUT2D eigenvalue weighted by atomic mass is 9.65. The van der Waals surface area contributed by atoms with Crippen LogP contribution in [0.2, 0.25) is 0 Å². The maximum absolute atomic E-state index is 13.9. The number of nitrogens with one attached hydrogen (secondary N) is 2. The molecule has 1 saturated carbocycles. The van der Waals surface area contributed by atoms with Crippen LogP contribution >= 0.6 is 0 Å². The number of benzene rings is 1. The van der Waals surface area contributed by atoms with E-state index in [1.807, 2.05) is 31.2 Å². The molecule has 8 nitrogen and oxygen atoms in total. The summed E-state index contributed by atoms with van der Waals surface area (Å²) in [4.78, 5) is 43.1. The summed E-state index contributed by atoms with van der Waals surface area (Å²) in [7, 11) is 0. The molecule has 1 spiro atoms. The predicted octanol–water partition coefficient (Wildman–Crippen LogP) is 3.34. The number of hydrogen-bond donors (Lipinski definition) is 2. The number of aromatic nitrogens is 2. The Morgan fingerprint density at radius 2 is 1.92 bits per heavy atom. The fourth-order valence-electron chi connectivity index (χ4n) is 6.54. The predicted molar refractivity (Wildman–Crippen MR) is 132 cm³/mol. The van der Waals surface area contributed by atoms with Crippen molar-refractivity contribution in [1.29, 1.82) is 0 Å². The molecule has 3 heterocycles. The minimum Gasteiger partial charge on any atom is -0.340 e. The first-order valence-corrected chi connectivity index (χ1v) is 12.8. The smallest absolute Gasteiger partial charge is 0.340 e. The molecule has 2 aliphatic carbocycles. The molecule has 2 N–H and O–H groups in total. The molecule has 11 heteroatoms. The molecule has 6 rings (SSSR count). The molecule has 0 bridgehead atoms. The van der Waals surface area contributed by atoms with Crippen molar-refractivity contribution in [3.05, 3.63) is 53.8 Å². The van der Waals surface area contributed by atoms with Gasteiger partial charge in [0.1, 0.15) is 12.1 Å². The van der Waals surface area contributed by atoms with Crippen molar-refractivity contribution in [2.24, 2.45) is 11.3 Å². The number of H-pyrrole nitrogens is 1. The lowest BCUT2D eigenvalue weighted by Crippen LogP contribution is -2.52.